The standard InChI is InChI=1S/C8H4Br2N2OS/c9-5-1-3-6(4-2-5)13-8-12-11-7(10)14-8/h1-4H. The van der Waals surface area contributed by atoms with E-state index < -0.39 is 0 Å². The highest BCUT2D eigenvalue weighted by molar-refractivity contribution is 9.11. The predicted octanol–water partition coefficient (Wildman–Crippen LogP) is 3.86. The van der Waals surface area contributed by atoms with Crippen LogP contribution in [0.1, 0.15) is 0 Å². The quantitative estimate of drug-likeness (QED) is 0.836. The Morgan fingerprint density at radius 2 is 1.79 bits per heavy atom. The maximum Gasteiger partial charge on any atom is 0.300 e. The highest BCUT2D eigenvalue weighted by atomic mass is 79.9. The number of aromatic nitrogens is 2. The van der Waals surface area contributed by atoms with Crippen molar-refractivity contribution in [1.82, 2.24) is 10.2 Å². The summed E-state index contributed by atoms with van der Waals surface area (Å²) >= 11 is 7.91. The summed E-state index contributed by atoms with van der Waals surface area (Å²) in [7, 11) is 0. The van der Waals surface area contributed by atoms with E-state index in [1.807, 2.05) is 24.3 Å². The van der Waals surface area contributed by atoms with Crippen molar-refractivity contribution in [2.24, 2.45) is 0 Å². The summed E-state index contributed by atoms with van der Waals surface area (Å²) in [4.78, 5) is 0. The first-order chi connectivity index (χ1) is 6.74. The minimum absolute atomic E-state index is 0.527. The zero-order chi connectivity index (χ0) is 9.97. The summed E-state index contributed by atoms with van der Waals surface area (Å²) in [6.07, 6.45) is 0. The van der Waals surface area contributed by atoms with Gasteiger partial charge >= 0.3 is 0 Å². The monoisotopic (exact) mass is 334 g/mol. The Balaban J connectivity index is 2.15. The fraction of sp³-hybridized carbons (Fsp3) is 0. The average Bonchev–Trinajstić information content (AvgIpc) is 2.56. The lowest BCUT2D eigenvalue weighted by Gasteiger charge is -1.99. The smallest absolute Gasteiger partial charge is 0.300 e. The largest absolute Gasteiger partial charge is 0.430 e. The summed E-state index contributed by atoms with van der Waals surface area (Å²) in [5.41, 5.74) is 0. The molecule has 1 aromatic carbocycles. The average molecular weight is 336 g/mol. The van der Waals surface area contributed by atoms with Gasteiger partial charge in [-0.1, -0.05) is 21.0 Å². The van der Waals surface area contributed by atoms with Gasteiger partial charge in [-0.2, -0.15) is 0 Å². The van der Waals surface area contributed by atoms with E-state index in [1.165, 1.54) is 11.3 Å². The van der Waals surface area contributed by atoms with E-state index in [2.05, 4.69) is 42.1 Å². The van der Waals surface area contributed by atoms with Crippen LogP contribution in [0.5, 0.6) is 10.9 Å². The zero-order valence-corrected chi connectivity index (χ0v) is 10.8. The molecule has 0 atom stereocenters. The molecule has 0 aliphatic rings. The van der Waals surface area contributed by atoms with E-state index in [0.29, 0.717) is 9.11 Å². The normalized spacial score (nSPS) is 10.1. The van der Waals surface area contributed by atoms with E-state index in [4.69, 9.17) is 4.74 Å². The number of benzene rings is 1. The molecule has 0 N–H and O–H groups in total. The molecule has 0 spiro atoms. The zero-order valence-electron chi connectivity index (χ0n) is 6.78. The molecule has 0 aliphatic carbocycles. The van der Waals surface area contributed by atoms with Crippen LogP contribution >= 0.6 is 43.2 Å². The molecular weight excluding hydrogens is 332 g/mol. The molecule has 1 heterocycles. The first-order valence-corrected chi connectivity index (χ1v) is 6.07. The molecule has 0 saturated heterocycles. The van der Waals surface area contributed by atoms with Crippen molar-refractivity contribution in [3.63, 3.8) is 0 Å². The first-order valence-electron chi connectivity index (χ1n) is 3.66. The second-order valence-electron chi connectivity index (χ2n) is 2.38. The summed E-state index contributed by atoms with van der Waals surface area (Å²) in [6.45, 7) is 0. The molecular formula is C8H4Br2N2OS. The second kappa shape index (κ2) is 4.37. The van der Waals surface area contributed by atoms with Gasteiger partial charge in [-0.3, -0.25) is 0 Å². The van der Waals surface area contributed by atoms with E-state index in [-0.39, 0.29) is 0 Å². The highest BCUT2D eigenvalue weighted by Crippen LogP contribution is 2.28. The Morgan fingerprint density at radius 1 is 1.07 bits per heavy atom. The minimum atomic E-state index is 0.527. The van der Waals surface area contributed by atoms with Gasteiger partial charge in [0.05, 0.1) is 0 Å². The van der Waals surface area contributed by atoms with E-state index in [9.17, 15) is 0 Å². The van der Waals surface area contributed by atoms with Crippen LogP contribution in [0.3, 0.4) is 0 Å². The van der Waals surface area contributed by atoms with Crippen LogP contribution in [-0.4, -0.2) is 10.2 Å². The Hall–Kier alpha value is -0.460. The number of hydrogen-bond donors (Lipinski definition) is 0. The van der Waals surface area contributed by atoms with Crippen molar-refractivity contribution in [2.75, 3.05) is 0 Å². The number of ether oxygens (including phenoxy) is 1. The summed E-state index contributed by atoms with van der Waals surface area (Å²) in [6, 6.07) is 7.54. The van der Waals surface area contributed by atoms with E-state index in [1.54, 1.807) is 0 Å². The molecule has 0 radical (unpaired) electrons. The summed E-state index contributed by atoms with van der Waals surface area (Å²) in [5, 5.41) is 8.13. The molecule has 2 rings (SSSR count). The van der Waals surface area contributed by atoms with Gasteiger partial charge < -0.3 is 4.74 Å². The maximum absolute atomic E-state index is 5.45. The Kier molecular flexibility index (Phi) is 3.15. The third-order valence-corrected chi connectivity index (χ3v) is 3.16. The Labute approximate surface area is 101 Å². The van der Waals surface area contributed by atoms with Gasteiger partial charge in [0.2, 0.25) is 0 Å². The van der Waals surface area contributed by atoms with Crippen molar-refractivity contribution >= 4 is 43.2 Å². The molecule has 0 saturated carbocycles. The van der Waals surface area contributed by atoms with Crippen molar-refractivity contribution in [2.45, 2.75) is 0 Å². The van der Waals surface area contributed by atoms with Crippen LogP contribution in [-0.2, 0) is 0 Å². The lowest BCUT2D eigenvalue weighted by atomic mass is 10.3. The molecule has 2 aromatic rings. The van der Waals surface area contributed by atoms with Crippen molar-refractivity contribution in [3.8, 4) is 10.9 Å². The van der Waals surface area contributed by atoms with Crippen molar-refractivity contribution < 1.29 is 4.74 Å². The van der Waals surface area contributed by atoms with Gasteiger partial charge in [-0.05, 0) is 51.5 Å². The number of halogens is 2. The maximum atomic E-state index is 5.45. The van der Waals surface area contributed by atoms with Crippen LogP contribution in [0.25, 0.3) is 0 Å². The summed E-state index contributed by atoms with van der Waals surface area (Å²) < 4.78 is 7.18. The van der Waals surface area contributed by atoms with Crippen molar-refractivity contribution in [3.05, 3.63) is 32.7 Å². The molecule has 0 unspecified atom stereocenters. The fourth-order valence-electron chi connectivity index (χ4n) is 0.838. The van der Waals surface area contributed by atoms with Gasteiger partial charge in [0.15, 0.2) is 3.92 Å². The molecule has 0 aliphatic heterocycles. The van der Waals surface area contributed by atoms with Crippen molar-refractivity contribution in [1.29, 1.82) is 0 Å². The van der Waals surface area contributed by atoms with Crippen LogP contribution in [0.4, 0.5) is 0 Å². The van der Waals surface area contributed by atoms with E-state index >= 15 is 0 Å². The lowest BCUT2D eigenvalue weighted by Crippen LogP contribution is -1.82. The Bertz CT molecular complexity index is 429. The predicted molar refractivity (Wildman–Crippen MR) is 61.8 cm³/mol. The SMILES string of the molecule is Brc1ccc(Oc2nnc(Br)s2)cc1. The molecule has 6 heteroatoms. The molecule has 72 valence electrons. The third-order valence-electron chi connectivity index (χ3n) is 1.40. The van der Waals surface area contributed by atoms with Gasteiger partial charge in [0, 0.05) is 4.47 Å². The van der Waals surface area contributed by atoms with Crippen LogP contribution in [0.2, 0.25) is 0 Å². The van der Waals surface area contributed by atoms with Gasteiger partial charge in [0.25, 0.3) is 5.19 Å². The first kappa shape index (κ1) is 10.1. The van der Waals surface area contributed by atoms with E-state index in [0.717, 1.165) is 10.2 Å². The molecule has 0 fully saturated rings. The van der Waals surface area contributed by atoms with Crippen LogP contribution in [0, 0.1) is 0 Å². The number of rotatable bonds is 2. The second-order valence-corrected chi connectivity index (χ2v) is 5.51. The molecule has 0 bridgehead atoms. The molecule has 0 amide bonds. The number of hydrogen-bond acceptors (Lipinski definition) is 4. The number of nitrogens with zero attached hydrogens (tertiary/aromatic N) is 2. The fourth-order valence-corrected chi connectivity index (χ4v) is 2.04. The van der Waals surface area contributed by atoms with Gasteiger partial charge in [-0.25, -0.2) is 0 Å². The summed E-state index contributed by atoms with van der Waals surface area (Å²) in [5.74, 6) is 0.747. The lowest BCUT2D eigenvalue weighted by molar-refractivity contribution is 0.473. The third kappa shape index (κ3) is 2.52. The van der Waals surface area contributed by atoms with Crippen LogP contribution < -0.4 is 4.74 Å². The van der Waals surface area contributed by atoms with Crippen LogP contribution in [0.15, 0.2) is 32.7 Å². The molecule has 3 nitrogen and oxygen atoms in total. The van der Waals surface area contributed by atoms with Gasteiger partial charge in [-0.15, -0.1) is 5.10 Å². The molecule has 1 aromatic heterocycles. The Morgan fingerprint density at radius 3 is 2.36 bits per heavy atom. The topological polar surface area (TPSA) is 35.0 Å². The van der Waals surface area contributed by atoms with Gasteiger partial charge in [0.1, 0.15) is 5.75 Å². The molecule has 14 heavy (non-hydrogen) atoms. The highest BCUT2D eigenvalue weighted by Gasteiger charge is 2.03. The minimum Gasteiger partial charge on any atom is -0.430 e.